The number of hydrogen-bond donors (Lipinski definition) is 2. The lowest BCUT2D eigenvalue weighted by Gasteiger charge is -2.31. The Hall–Kier alpha value is -2.28. The molecule has 0 radical (unpaired) electrons. The Morgan fingerprint density at radius 2 is 2.04 bits per heavy atom. The Balaban J connectivity index is 1.49. The van der Waals surface area contributed by atoms with Crippen molar-refractivity contribution in [3.63, 3.8) is 0 Å². The molecule has 0 saturated carbocycles. The van der Waals surface area contributed by atoms with Crippen LogP contribution in [0.15, 0.2) is 29.6 Å². The number of thiophene rings is 1. The molecule has 1 saturated heterocycles. The van der Waals surface area contributed by atoms with Crippen LogP contribution in [-0.2, 0) is 4.74 Å². The zero-order valence-electron chi connectivity index (χ0n) is 15.2. The fourth-order valence-electron chi connectivity index (χ4n) is 3.26. The average Bonchev–Trinajstić information content (AvgIpc) is 3.06. The van der Waals surface area contributed by atoms with Crippen LogP contribution in [0.25, 0.3) is 10.1 Å². The van der Waals surface area contributed by atoms with E-state index in [4.69, 9.17) is 4.74 Å². The third kappa shape index (κ3) is 4.27. The minimum absolute atomic E-state index is 0.0641. The molecule has 3 rings (SSSR count). The third-order valence-corrected chi connectivity index (χ3v) is 5.66. The van der Waals surface area contributed by atoms with Gasteiger partial charge in [-0.3, -0.25) is 0 Å². The van der Waals surface area contributed by atoms with Crippen molar-refractivity contribution in [2.75, 3.05) is 19.7 Å². The van der Waals surface area contributed by atoms with E-state index in [0.29, 0.717) is 19.7 Å². The van der Waals surface area contributed by atoms with Gasteiger partial charge in [0.2, 0.25) is 0 Å². The zero-order chi connectivity index (χ0) is 18.5. The number of nitrogens with one attached hydrogen (secondary N) is 2. The van der Waals surface area contributed by atoms with Crippen LogP contribution in [0.4, 0.5) is 9.59 Å². The van der Waals surface area contributed by atoms with Gasteiger partial charge in [-0.05, 0) is 49.1 Å². The van der Waals surface area contributed by atoms with E-state index in [-0.39, 0.29) is 24.2 Å². The molecule has 1 aliphatic rings. The van der Waals surface area contributed by atoms with E-state index < -0.39 is 0 Å². The fourth-order valence-corrected chi connectivity index (χ4v) is 4.31. The third-order valence-electron chi connectivity index (χ3n) is 4.68. The second-order valence-electron chi connectivity index (χ2n) is 6.49. The SMILES string of the molecule is CCOC(=O)N1CCC(NC(=O)NC(C)c2csc3ccccc23)CC1. The monoisotopic (exact) mass is 375 g/mol. The van der Waals surface area contributed by atoms with Crippen molar-refractivity contribution in [3.05, 3.63) is 35.2 Å². The first-order valence-electron chi connectivity index (χ1n) is 9.03. The van der Waals surface area contributed by atoms with E-state index in [1.54, 1.807) is 23.2 Å². The van der Waals surface area contributed by atoms with Crippen molar-refractivity contribution in [2.24, 2.45) is 0 Å². The number of carbonyl (C=O) groups is 2. The molecule has 1 aliphatic heterocycles. The van der Waals surface area contributed by atoms with Gasteiger partial charge in [0.05, 0.1) is 12.6 Å². The van der Waals surface area contributed by atoms with E-state index in [9.17, 15) is 9.59 Å². The van der Waals surface area contributed by atoms with Crippen LogP contribution in [0.5, 0.6) is 0 Å². The molecule has 1 aromatic carbocycles. The summed E-state index contributed by atoms with van der Waals surface area (Å²) in [5.41, 5.74) is 1.14. The van der Waals surface area contributed by atoms with Crippen molar-refractivity contribution >= 4 is 33.5 Å². The first-order chi connectivity index (χ1) is 12.6. The molecular formula is C19H25N3O3S. The minimum atomic E-state index is -0.270. The van der Waals surface area contributed by atoms with Crippen molar-refractivity contribution in [3.8, 4) is 0 Å². The van der Waals surface area contributed by atoms with Crippen LogP contribution in [-0.4, -0.2) is 42.8 Å². The summed E-state index contributed by atoms with van der Waals surface area (Å²) in [6.07, 6.45) is 1.21. The molecule has 140 valence electrons. The molecule has 2 aromatic rings. The summed E-state index contributed by atoms with van der Waals surface area (Å²) in [7, 11) is 0. The molecule has 0 aliphatic carbocycles. The predicted octanol–water partition coefficient (Wildman–Crippen LogP) is 3.88. The van der Waals surface area contributed by atoms with Crippen molar-refractivity contribution in [1.29, 1.82) is 0 Å². The molecule has 1 fully saturated rings. The van der Waals surface area contributed by atoms with Gasteiger partial charge in [0, 0.05) is 23.8 Å². The number of fused-ring (bicyclic) bond motifs is 1. The number of benzene rings is 1. The van der Waals surface area contributed by atoms with Gasteiger partial charge in [0.25, 0.3) is 0 Å². The van der Waals surface area contributed by atoms with Crippen molar-refractivity contribution in [1.82, 2.24) is 15.5 Å². The molecule has 7 heteroatoms. The molecular weight excluding hydrogens is 350 g/mol. The quantitative estimate of drug-likeness (QED) is 0.852. The Kier molecular flexibility index (Phi) is 5.98. The van der Waals surface area contributed by atoms with Gasteiger partial charge in [-0.15, -0.1) is 11.3 Å². The molecule has 0 bridgehead atoms. The molecule has 2 heterocycles. The van der Waals surface area contributed by atoms with E-state index in [1.807, 2.05) is 19.1 Å². The molecule has 0 spiro atoms. The number of nitrogens with zero attached hydrogens (tertiary/aromatic N) is 1. The number of urea groups is 1. The number of likely N-dealkylation sites (tertiary alicyclic amines) is 1. The summed E-state index contributed by atoms with van der Waals surface area (Å²) in [5.74, 6) is 0. The van der Waals surface area contributed by atoms with Crippen LogP contribution >= 0.6 is 11.3 Å². The number of hydrogen-bond acceptors (Lipinski definition) is 4. The lowest BCUT2D eigenvalue weighted by atomic mass is 10.1. The van der Waals surface area contributed by atoms with Crippen LogP contribution < -0.4 is 10.6 Å². The van der Waals surface area contributed by atoms with E-state index in [1.165, 1.54) is 10.1 Å². The molecule has 1 aromatic heterocycles. The van der Waals surface area contributed by atoms with Crippen LogP contribution in [0, 0.1) is 0 Å². The van der Waals surface area contributed by atoms with E-state index in [0.717, 1.165) is 18.4 Å². The highest BCUT2D eigenvalue weighted by molar-refractivity contribution is 7.17. The highest BCUT2D eigenvalue weighted by atomic mass is 32.1. The summed E-state index contributed by atoms with van der Waals surface area (Å²) in [4.78, 5) is 25.8. The largest absolute Gasteiger partial charge is 0.450 e. The fraction of sp³-hybridized carbons (Fsp3) is 0.474. The van der Waals surface area contributed by atoms with E-state index in [2.05, 4.69) is 28.1 Å². The van der Waals surface area contributed by atoms with Crippen LogP contribution in [0.3, 0.4) is 0 Å². The maximum absolute atomic E-state index is 12.3. The number of amides is 3. The highest BCUT2D eigenvalue weighted by Crippen LogP contribution is 2.29. The van der Waals surface area contributed by atoms with Gasteiger partial charge in [0.1, 0.15) is 0 Å². The summed E-state index contributed by atoms with van der Waals surface area (Å²) in [5, 5.41) is 9.35. The summed E-state index contributed by atoms with van der Waals surface area (Å²) >= 11 is 1.69. The lowest BCUT2D eigenvalue weighted by Crippen LogP contribution is -2.49. The first kappa shape index (κ1) is 18.5. The normalized spacial score (nSPS) is 16.3. The molecule has 6 nitrogen and oxygen atoms in total. The second kappa shape index (κ2) is 8.40. The smallest absolute Gasteiger partial charge is 0.409 e. The van der Waals surface area contributed by atoms with Gasteiger partial charge in [0.15, 0.2) is 0 Å². The summed E-state index contributed by atoms with van der Waals surface area (Å²) < 4.78 is 6.24. The molecule has 2 N–H and O–H groups in total. The Labute approximate surface area is 157 Å². The van der Waals surface area contributed by atoms with Crippen molar-refractivity contribution < 1.29 is 14.3 Å². The Bertz CT molecular complexity index is 768. The number of rotatable bonds is 4. The minimum Gasteiger partial charge on any atom is -0.450 e. The maximum atomic E-state index is 12.3. The molecule has 1 atom stereocenters. The molecule has 3 amide bonds. The highest BCUT2D eigenvalue weighted by Gasteiger charge is 2.25. The molecule has 26 heavy (non-hydrogen) atoms. The second-order valence-corrected chi connectivity index (χ2v) is 7.40. The number of piperidine rings is 1. The zero-order valence-corrected chi connectivity index (χ0v) is 16.0. The number of ether oxygens (including phenoxy) is 1. The van der Waals surface area contributed by atoms with Gasteiger partial charge in [-0.25, -0.2) is 9.59 Å². The van der Waals surface area contributed by atoms with Gasteiger partial charge in [-0.1, -0.05) is 18.2 Å². The van der Waals surface area contributed by atoms with Gasteiger partial charge >= 0.3 is 12.1 Å². The summed E-state index contributed by atoms with van der Waals surface area (Å²) in [6.45, 7) is 5.39. The Morgan fingerprint density at radius 1 is 1.31 bits per heavy atom. The van der Waals surface area contributed by atoms with E-state index >= 15 is 0 Å². The summed E-state index contributed by atoms with van der Waals surface area (Å²) in [6, 6.07) is 8.06. The van der Waals surface area contributed by atoms with Gasteiger partial charge < -0.3 is 20.3 Å². The maximum Gasteiger partial charge on any atom is 0.409 e. The molecule has 1 unspecified atom stereocenters. The predicted molar refractivity (Wildman–Crippen MR) is 104 cm³/mol. The van der Waals surface area contributed by atoms with Crippen molar-refractivity contribution in [2.45, 2.75) is 38.8 Å². The average molecular weight is 375 g/mol. The number of carbonyl (C=O) groups excluding carboxylic acids is 2. The lowest BCUT2D eigenvalue weighted by molar-refractivity contribution is 0.0957. The van der Waals surface area contributed by atoms with Gasteiger partial charge in [-0.2, -0.15) is 0 Å². The topological polar surface area (TPSA) is 70.7 Å². The Morgan fingerprint density at radius 3 is 2.77 bits per heavy atom. The van der Waals surface area contributed by atoms with Crippen LogP contribution in [0.2, 0.25) is 0 Å². The first-order valence-corrected chi connectivity index (χ1v) is 9.91. The standard InChI is InChI=1S/C19H25N3O3S/c1-3-25-19(24)22-10-8-14(9-11-22)21-18(23)20-13(2)16-12-26-17-7-5-4-6-15(16)17/h4-7,12-14H,3,8-11H2,1-2H3,(H2,20,21,23). The van der Waals surface area contributed by atoms with Crippen LogP contribution in [0.1, 0.15) is 38.3 Å².